The van der Waals surface area contributed by atoms with E-state index in [1.165, 1.54) is 4.90 Å². The third-order valence-electron chi connectivity index (χ3n) is 6.65. The number of hydrogen-bond acceptors (Lipinski definition) is 4. The summed E-state index contributed by atoms with van der Waals surface area (Å²) in [7, 11) is 1.61. The predicted octanol–water partition coefficient (Wildman–Crippen LogP) is 4.32. The average molecular weight is 470 g/mol. The van der Waals surface area contributed by atoms with Crippen molar-refractivity contribution in [2.45, 2.75) is 26.1 Å². The number of ether oxygens (including phenoxy) is 1. The lowest BCUT2D eigenvalue weighted by Gasteiger charge is -2.40. The number of anilines is 1. The number of methoxy groups -OCH3 is 1. The fourth-order valence-corrected chi connectivity index (χ4v) is 4.95. The van der Waals surface area contributed by atoms with Crippen molar-refractivity contribution in [3.63, 3.8) is 0 Å². The highest BCUT2D eigenvalue weighted by molar-refractivity contribution is 6.17. The van der Waals surface area contributed by atoms with Gasteiger partial charge >= 0.3 is 0 Å². The molecular formula is C28H27N3O4. The van der Waals surface area contributed by atoms with Crippen LogP contribution in [0.5, 0.6) is 5.75 Å². The minimum atomic E-state index is -0.662. The highest BCUT2D eigenvalue weighted by Gasteiger charge is 2.48. The van der Waals surface area contributed by atoms with Crippen molar-refractivity contribution in [3.8, 4) is 5.75 Å². The number of benzene rings is 3. The maximum atomic E-state index is 13.6. The molecule has 2 aliphatic heterocycles. The van der Waals surface area contributed by atoms with Gasteiger partial charge in [0.25, 0.3) is 11.8 Å². The maximum absolute atomic E-state index is 13.6. The topological polar surface area (TPSA) is 79.0 Å². The molecule has 3 aromatic rings. The molecule has 2 heterocycles. The molecule has 178 valence electrons. The molecule has 0 fully saturated rings. The minimum Gasteiger partial charge on any atom is -0.497 e. The van der Waals surface area contributed by atoms with E-state index in [1.54, 1.807) is 36.3 Å². The Morgan fingerprint density at radius 2 is 1.57 bits per heavy atom. The zero-order chi connectivity index (χ0) is 24.7. The first kappa shape index (κ1) is 22.7. The summed E-state index contributed by atoms with van der Waals surface area (Å²) in [5.41, 5.74) is 3.20. The molecule has 0 saturated carbocycles. The summed E-state index contributed by atoms with van der Waals surface area (Å²) in [6, 6.07) is 21.7. The van der Waals surface area contributed by atoms with Crippen LogP contribution in [-0.2, 0) is 4.79 Å². The zero-order valence-electron chi connectivity index (χ0n) is 19.9. The smallest absolute Gasteiger partial charge is 0.260 e. The van der Waals surface area contributed by atoms with E-state index < -0.39 is 6.17 Å². The molecular weight excluding hydrogens is 442 g/mol. The third-order valence-corrected chi connectivity index (χ3v) is 6.65. The summed E-state index contributed by atoms with van der Waals surface area (Å²) in [5.74, 6) is 0.130. The van der Waals surface area contributed by atoms with Gasteiger partial charge in [-0.05, 0) is 41.8 Å². The van der Waals surface area contributed by atoms with Crippen LogP contribution in [0.4, 0.5) is 5.69 Å². The van der Waals surface area contributed by atoms with Gasteiger partial charge in [0.1, 0.15) is 18.5 Å². The van der Waals surface area contributed by atoms with Crippen molar-refractivity contribution in [2.24, 2.45) is 5.92 Å². The zero-order valence-corrected chi connectivity index (χ0v) is 19.9. The molecule has 0 aliphatic carbocycles. The van der Waals surface area contributed by atoms with Gasteiger partial charge in [-0.3, -0.25) is 19.3 Å². The Morgan fingerprint density at radius 3 is 2.26 bits per heavy atom. The van der Waals surface area contributed by atoms with Crippen LogP contribution in [0, 0.1) is 5.92 Å². The molecule has 7 heteroatoms. The highest BCUT2D eigenvalue weighted by atomic mass is 16.5. The largest absolute Gasteiger partial charge is 0.497 e. The van der Waals surface area contributed by atoms with Gasteiger partial charge in [-0.1, -0.05) is 56.3 Å². The van der Waals surface area contributed by atoms with Gasteiger partial charge in [0.2, 0.25) is 5.91 Å². The average Bonchev–Trinajstić information content (AvgIpc) is 3.17. The predicted molar refractivity (Wildman–Crippen MR) is 132 cm³/mol. The van der Waals surface area contributed by atoms with Crippen molar-refractivity contribution in [2.75, 3.05) is 18.6 Å². The second-order valence-electron chi connectivity index (χ2n) is 9.15. The number of carbonyl (C=O) groups excluding carboxylic acids is 3. The normalized spacial score (nSPS) is 17.1. The van der Waals surface area contributed by atoms with Gasteiger partial charge in [-0.15, -0.1) is 0 Å². The Morgan fingerprint density at radius 1 is 0.914 bits per heavy atom. The number of hydrogen-bond donors (Lipinski definition) is 1. The second-order valence-corrected chi connectivity index (χ2v) is 9.15. The van der Waals surface area contributed by atoms with Crippen LogP contribution in [0.15, 0.2) is 72.8 Å². The standard InChI is InChI=1S/C28H27N3O4/c1-17(2)25(18-12-14-19(35-3)15-13-18)29-24(32)16-30-26-20-8-4-5-9-21(20)28(34)31(26)23-11-7-6-10-22(23)27(30)33/h4-15,17,25-26H,16H2,1-3H3,(H,29,32)/t25-,26-/m0/s1. The van der Waals surface area contributed by atoms with Gasteiger partial charge in [0, 0.05) is 11.1 Å². The molecule has 3 amide bonds. The Hall–Kier alpha value is -4.13. The first-order valence-electron chi connectivity index (χ1n) is 11.7. The first-order valence-corrected chi connectivity index (χ1v) is 11.7. The van der Waals surface area contributed by atoms with Crippen LogP contribution < -0.4 is 15.0 Å². The van der Waals surface area contributed by atoms with Crippen LogP contribution in [-0.4, -0.2) is 36.3 Å². The van der Waals surface area contributed by atoms with E-state index in [-0.39, 0.29) is 36.2 Å². The van der Waals surface area contributed by atoms with Crippen molar-refractivity contribution < 1.29 is 19.1 Å². The molecule has 1 N–H and O–H groups in total. The number of rotatable bonds is 6. The fraction of sp³-hybridized carbons (Fsp3) is 0.250. The monoisotopic (exact) mass is 469 g/mol. The molecule has 35 heavy (non-hydrogen) atoms. The molecule has 0 bridgehead atoms. The van der Waals surface area contributed by atoms with E-state index in [0.717, 1.165) is 16.9 Å². The highest BCUT2D eigenvalue weighted by Crippen LogP contribution is 2.45. The lowest BCUT2D eigenvalue weighted by Crippen LogP contribution is -2.51. The molecule has 5 rings (SSSR count). The second kappa shape index (κ2) is 8.91. The van der Waals surface area contributed by atoms with Crippen LogP contribution in [0.1, 0.15) is 57.9 Å². The van der Waals surface area contributed by atoms with Gasteiger partial charge < -0.3 is 15.0 Å². The van der Waals surface area contributed by atoms with E-state index >= 15 is 0 Å². The fourth-order valence-electron chi connectivity index (χ4n) is 4.95. The molecule has 3 aromatic carbocycles. The Balaban J connectivity index is 1.46. The lowest BCUT2D eigenvalue weighted by molar-refractivity contribution is -0.123. The van der Waals surface area contributed by atoms with Gasteiger partial charge in [-0.2, -0.15) is 0 Å². The van der Waals surface area contributed by atoms with Gasteiger partial charge in [0.05, 0.1) is 24.4 Å². The molecule has 0 unspecified atom stereocenters. The summed E-state index contributed by atoms with van der Waals surface area (Å²) in [5, 5.41) is 3.10. The lowest BCUT2D eigenvalue weighted by atomic mass is 9.96. The summed E-state index contributed by atoms with van der Waals surface area (Å²) in [6.07, 6.45) is -0.662. The Labute approximate surface area is 204 Å². The first-order chi connectivity index (χ1) is 16.9. The number of nitrogens with zero attached hydrogens (tertiary/aromatic N) is 2. The molecule has 0 saturated heterocycles. The third kappa shape index (κ3) is 3.83. The molecule has 7 nitrogen and oxygen atoms in total. The van der Waals surface area contributed by atoms with Crippen molar-refractivity contribution in [1.29, 1.82) is 0 Å². The van der Waals surface area contributed by atoms with E-state index in [9.17, 15) is 14.4 Å². The van der Waals surface area contributed by atoms with Crippen molar-refractivity contribution >= 4 is 23.4 Å². The SMILES string of the molecule is COc1ccc([C@@H](NC(=O)CN2C(=O)c3ccccc3N3C(=O)c4ccccc4[C@@H]23)C(C)C)cc1. The van der Waals surface area contributed by atoms with E-state index in [4.69, 9.17) is 4.74 Å². The quantitative estimate of drug-likeness (QED) is 0.583. The Kier molecular flexibility index (Phi) is 5.76. The van der Waals surface area contributed by atoms with E-state index in [2.05, 4.69) is 5.32 Å². The van der Waals surface area contributed by atoms with E-state index in [1.807, 2.05) is 62.4 Å². The molecule has 2 aliphatic rings. The summed E-state index contributed by atoms with van der Waals surface area (Å²) in [6.45, 7) is 3.89. The summed E-state index contributed by atoms with van der Waals surface area (Å²) < 4.78 is 5.25. The van der Waals surface area contributed by atoms with Crippen molar-refractivity contribution in [1.82, 2.24) is 10.2 Å². The van der Waals surface area contributed by atoms with Crippen LogP contribution in [0.3, 0.4) is 0 Å². The van der Waals surface area contributed by atoms with Gasteiger partial charge in [-0.25, -0.2) is 0 Å². The summed E-state index contributed by atoms with van der Waals surface area (Å²) >= 11 is 0. The van der Waals surface area contributed by atoms with Gasteiger partial charge in [0.15, 0.2) is 0 Å². The number of carbonyl (C=O) groups is 3. The number of para-hydroxylation sites is 1. The van der Waals surface area contributed by atoms with Crippen LogP contribution >= 0.6 is 0 Å². The molecule has 2 atom stereocenters. The molecule has 0 aromatic heterocycles. The maximum Gasteiger partial charge on any atom is 0.260 e. The number of nitrogens with one attached hydrogen (secondary N) is 1. The van der Waals surface area contributed by atoms with Crippen molar-refractivity contribution in [3.05, 3.63) is 95.1 Å². The minimum absolute atomic E-state index is 0.121. The van der Waals surface area contributed by atoms with E-state index in [0.29, 0.717) is 16.8 Å². The summed E-state index contributed by atoms with van der Waals surface area (Å²) in [4.78, 5) is 43.3. The van der Waals surface area contributed by atoms with Crippen LogP contribution in [0.2, 0.25) is 0 Å². The Bertz CT molecular complexity index is 1300. The molecule has 0 spiro atoms. The number of amides is 3. The molecule has 0 radical (unpaired) electrons. The van der Waals surface area contributed by atoms with Crippen LogP contribution in [0.25, 0.3) is 0 Å². The number of fused-ring (bicyclic) bond motifs is 5.